The van der Waals surface area contributed by atoms with Crippen LogP contribution in [0.25, 0.3) is 0 Å². The average molecular weight is 458 g/mol. The highest BCUT2D eigenvalue weighted by Gasteiger charge is 2.36. The first kappa shape index (κ1) is 22.9. The van der Waals surface area contributed by atoms with Crippen molar-refractivity contribution in [2.75, 3.05) is 18.5 Å². The van der Waals surface area contributed by atoms with E-state index < -0.39 is 43.9 Å². The number of hydrogen-bond donors (Lipinski definition) is 1. The van der Waals surface area contributed by atoms with Crippen LogP contribution in [0.4, 0.5) is 23.2 Å². The van der Waals surface area contributed by atoms with E-state index in [1.165, 1.54) is 25.3 Å². The Morgan fingerprint density at radius 1 is 1.23 bits per heavy atom. The summed E-state index contributed by atoms with van der Waals surface area (Å²) in [4.78, 5) is 12.0. The summed E-state index contributed by atoms with van der Waals surface area (Å²) in [6.45, 7) is 2.19. The summed E-state index contributed by atoms with van der Waals surface area (Å²) >= 11 is 0. The van der Waals surface area contributed by atoms with E-state index >= 15 is 0 Å². The first-order valence-corrected chi connectivity index (χ1v) is 10.6. The minimum Gasteiger partial charge on any atom is -0.381 e. The van der Waals surface area contributed by atoms with Gasteiger partial charge in [-0.15, -0.1) is 0 Å². The molecule has 1 N–H and O–H groups in total. The number of aryl methyl sites for hydroxylation is 1. The molecule has 0 spiro atoms. The summed E-state index contributed by atoms with van der Waals surface area (Å²) in [6, 6.07) is 5.38. The maximum atomic E-state index is 13.4. The molecule has 11 heteroatoms. The quantitative estimate of drug-likeness (QED) is 0.538. The van der Waals surface area contributed by atoms with E-state index in [9.17, 15) is 30.8 Å². The van der Waals surface area contributed by atoms with Crippen molar-refractivity contribution in [3.05, 3.63) is 58.9 Å². The Balaban J connectivity index is 1.96. The predicted molar refractivity (Wildman–Crippen MR) is 105 cm³/mol. The zero-order chi connectivity index (χ0) is 22.8. The van der Waals surface area contributed by atoms with Crippen molar-refractivity contribution in [2.24, 2.45) is 10.3 Å². The Morgan fingerprint density at radius 2 is 1.97 bits per heavy atom. The van der Waals surface area contributed by atoms with E-state index in [1.807, 2.05) is 0 Å². The van der Waals surface area contributed by atoms with Crippen LogP contribution in [0.5, 0.6) is 0 Å². The molecule has 1 atom stereocenters. The van der Waals surface area contributed by atoms with Crippen molar-refractivity contribution in [3.8, 4) is 0 Å². The molecule has 0 unspecified atom stereocenters. The number of halogens is 4. The zero-order valence-corrected chi connectivity index (χ0v) is 17.1. The van der Waals surface area contributed by atoms with Crippen LogP contribution >= 0.6 is 0 Å². The first-order chi connectivity index (χ1) is 14.5. The zero-order valence-electron chi connectivity index (χ0n) is 16.2. The molecule has 0 bridgehead atoms. The number of hydrogen-bond acceptors (Lipinski definition) is 4. The van der Waals surface area contributed by atoms with Gasteiger partial charge in [-0.25, -0.2) is 4.39 Å². The predicted octanol–water partition coefficient (Wildman–Crippen LogP) is 4.20. The minimum absolute atomic E-state index is 0.0598. The molecule has 2 aromatic carbocycles. The number of anilines is 1. The molecular formula is C20H18F4N2O4S. The molecule has 166 valence electrons. The Hall–Kier alpha value is -2.79. The lowest BCUT2D eigenvalue weighted by Crippen LogP contribution is -2.19. The second kappa shape index (κ2) is 8.75. The van der Waals surface area contributed by atoms with E-state index in [-0.39, 0.29) is 17.2 Å². The maximum absolute atomic E-state index is 13.4. The minimum atomic E-state index is -4.90. The van der Waals surface area contributed by atoms with Gasteiger partial charge in [-0.1, -0.05) is 0 Å². The topological polar surface area (TPSA) is 84.8 Å². The molecule has 0 radical (unpaired) electrons. The number of amides is 1. The third-order valence-corrected chi connectivity index (χ3v) is 5.88. The lowest BCUT2D eigenvalue weighted by atomic mass is 10.1. The molecule has 0 saturated carbocycles. The van der Waals surface area contributed by atoms with Crippen LogP contribution in [0.3, 0.4) is 0 Å². The molecular weight excluding hydrogens is 440 g/mol. The number of benzene rings is 2. The van der Waals surface area contributed by atoms with Crippen LogP contribution in [0.2, 0.25) is 0 Å². The van der Waals surface area contributed by atoms with Crippen molar-refractivity contribution >= 4 is 27.8 Å². The van der Waals surface area contributed by atoms with E-state index in [4.69, 9.17) is 4.74 Å². The number of nitrogens with one attached hydrogen (secondary N) is 1. The molecule has 1 aliphatic rings. The largest absolute Gasteiger partial charge is 0.417 e. The summed E-state index contributed by atoms with van der Waals surface area (Å²) in [5.41, 5.74) is -1.97. The fraction of sp³-hybridized carbons (Fsp3) is 0.300. The van der Waals surface area contributed by atoms with Crippen molar-refractivity contribution in [3.63, 3.8) is 0 Å². The first-order valence-electron chi connectivity index (χ1n) is 9.14. The van der Waals surface area contributed by atoms with Gasteiger partial charge < -0.3 is 10.1 Å². The van der Waals surface area contributed by atoms with Crippen molar-refractivity contribution < 1.29 is 35.5 Å². The molecule has 1 aliphatic heterocycles. The molecule has 31 heavy (non-hydrogen) atoms. The van der Waals surface area contributed by atoms with Crippen LogP contribution < -0.4 is 5.32 Å². The summed E-state index contributed by atoms with van der Waals surface area (Å²) in [6.07, 6.45) is -3.14. The maximum Gasteiger partial charge on any atom is 0.417 e. The number of carbonyl (C=O) groups excluding carboxylic acids is 1. The van der Waals surface area contributed by atoms with Crippen molar-refractivity contribution in [1.29, 1.82) is 0 Å². The molecule has 0 aliphatic carbocycles. The molecule has 1 amide bonds. The van der Waals surface area contributed by atoms with Crippen LogP contribution in [-0.2, 0) is 20.9 Å². The van der Waals surface area contributed by atoms with E-state index in [0.29, 0.717) is 31.8 Å². The second-order valence-corrected chi connectivity index (χ2v) is 8.61. The normalized spacial score (nSPS) is 17.3. The highest BCUT2D eigenvalue weighted by atomic mass is 32.2. The fourth-order valence-corrected chi connectivity index (χ4v) is 3.90. The van der Waals surface area contributed by atoms with E-state index in [2.05, 4.69) is 9.71 Å². The number of rotatable bonds is 5. The van der Waals surface area contributed by atoms with Gasteiger partial charge in [-0.3, -0.25) is 4.79 Å². The highest BCUT2D eigenvalue weighted by Crippen LogP contribution is 2.34. The van der Waals surface area contributed by atoms with Crippen LogP contribution in [0.15, 0.2) is 45.7 Å². The third kappa shape index (κ3) is 5.47. The summed E-state index contributed by atoms with van der Waals surface area (Å²) in [5.74, 6) is -1.95. The summed E-state index contributed by atoms with van der Waals surface area (Å²) in [7, 11) is -4.33. The SMILES string of the molecule is Cc1cc(NC(=O)c2cc(S(=O)(=O)/N=C/[C@H]3CCOC3)ccc2C(F)(F)F)ccc1F. The van der Waals surface area contributed by atoms with Gasteiger partial charge in [0.25, 0.3) is 15.9 Å². The Kier molecular flexibility index (Phi) is 6.46. The van der Waals surface area contributed by atoms with Gasteiger partial charge in [0.05, 0.1) is 22.6 Å². The fourth-order valence-electron chi connectivity index (χ4n) is 2.94. The Morgan fingerprint density at radius 3 is 2.58 bits per heavy atom. The Bertz CT molecular complexity index is 1120. The van der Waals surface area contributed by atoms with Gasteiger partial charge in [0.2, 0.25) is 0 Å². The van der Waals surface area contributed by atoms with Gasteiger partial charge in [0.1, 0.15) is 5.82 Å². The van der Waals surface area contributed by atoms with E-state index in [0.717, 1.165) is 12.1 Å². The standard InChI is InChI=1S/C20H18F4N2O4S/c1-12-8-14(2-5-18(12)21)26-19(27)16-9-15(3-4-17(16)20(22,23)24)31(28,29)25-10-13-6-7-30-11-13/h2-5,8-10,13H,6-7,11H2,1H3,(H,26,27)/b25-10+/t13-/m1/s1. The van der Waals surface area contributed by atoms with Gasteiger partial charge in [0.15, 0.2) is 0 Å². The molecule has 1 heterocycles. The summed E-state index contributed by atoms with van der Waals surface area (Å²) in [5, 5.41) is 2.24. The molecule has 3 rings (SSSR count). The highest BCUT2D eigenvalue weighted by molar-refractivity contribution is 7.90. The average Bonchev–Trinajstić information content (AvgIpc) is 3.22. The van der Waals surface area contributed by atoms with Crippen LogP contribution in [-0.4, -0.2) is 33.8 Å². The van der Waals surface area contributed by atoms with Crippen LogP contribution in [0, 0.1) is 18.7 Å². The Labute approximate surface area is 176 Å². The van der Waals surface area contributed by atoms with Gasteiger partial charge in [-0.2, -0.15) is 26.0 Å². The number of alkyl halides is 3. The molecule has 1 saturated heterocycles. The van der Waals surface area contributed by atoms with Crippen molar-refractivity contribution in [2.45, 2.75) is 24.4 Å². The van der Waals surface area contributed by atoms with E-state index in [1.54, 1.807) is 0 Å². The molecule has 0 aromatic heterocycles. The van der Waals surface area contributed by atoms with Crippen LogP contribution in [0.1, 0.15) is 27.9 Å². The number of carbonyl (C=O) groups is 1. The number of ether oxygens (including phenoxy) is 1. The van der Waals surface area contributed by atoms with Crippen molar-refractivity contribution in [1.82, 2.24) is 0 Å². The second-order valence-electron chi connectivity index (χ2n) is 6.98. The van der Waals surface area contributed by atoms with Gasteiger partial charge >= 0.3 is 6.18 Å². The monoisotopic (exact) mass is 458 g/mol. The smallest absolute Gasteiger partial charge is 0.381 e. The lowest BCUT2D eigenvalue weighted by molar-refractivity contribution is -0.137. The number of sulfonamides is 1. The van der Waals surface area contributed by atoms with Gasteiger partial charge in [-0.05, 0) is 55.3 Å². The molecule has 2 aromatic rings. The van der Waals surface area contributed by atoms with Gasteiger partial charge in [0, 0.05) is 24.4 Å². The number of nitrogens with zero attached hydrogens (tertiary/aromatic N) is 1. The molecule has 1 fully saturated rings. The molecule has 6 nitrogen and oxygen atoms in total. The lowest BCUT2D eigenvalue weighted by Gasteiger charge is -2.14. The third-order valence-electron chi connectivity index (χ3n) is 4.63. The summed E-state index contributed by atoms with van der Waals surface area (Å²) < 4.78 is 87.2.